The molecule has 6 nitrogen and oxygen atoms in total. The average molecular weight is 410 g/mol. The molecular weight excluding hydrogens is 385 g/mol. The lowest BCUT2D eigenvalue weighted by Crippen LogP contribution is -2.54. The van der Waals surface area contributed by atoms with E-state index >= 15 is 0 Å². The van der Waals surface area contributed by atoms with Crippen molar-refractivity contribution in [2.45, 2.75) is 25.8 Å². The van der Waals surface area contributed by atoms with Gasteiger partial charge in [-0.3, -0.25) is 4.79 Å². The van der Waals surface area contributed by atoms with Crippen molar-refractivity contribution in [1.29, 1.82) is 0 Å². The summed E-state index contributed by atoms with van der Waals surface area (Å²) in [5, 5.41) is 24.3. The van der Waals surface area contributed by atoms with Gasteiger partial charge in [-0.15, -0.1) is 4.65 Å². The maximum Gasteiger partial charge on any atom is 0.291 e. The van der Waals surface area contributed by atoms with Gasteiger partial charge < -0.3 is 16.2 Å². The summed E-state index contributed by atoms with van der Waals surface area (Å²) in [5.74, 6) is -1.54. The highest BCUT2D eigenvalue weighted by molar-refractivity contribution is 6.13. The fourth-order valence-corrected chi connectivity index (χ4v) is 4.24. The molecule has 0 aromatic heterocycles. The maximum absolute atomic E-state index is 14.9. The fourth-order valence-electron chi connectivity index (χ4n) is 4.24. The number of nitrogens with two attached hydrogens (primary N) is 1. The molecule has 0 saturated carbocycles. The predicted octanol–water partition coefficient (Wildman–Crippen LogP) is 3.64. The van der Waals surface area contributed by atoms with E-state index in [4.69, 9.17) is 5.73 Å². The number of benzene rings is 2. The van der Waals surface area contributed by atoms with Gasteiger partial charge in [-0.05, 0) is 42.7 Å². The van der Waals surface area contributed by atoms with E-state index in [0.717, 1.165) is 5.56 Å². The van der Waals surface area contributed by atoms with Crippen molar-refractivity contribution in [3.63, 3.8) is 0 Å². The highest BCUT2D eigenvalue weighted by Gasteiger charge is 2.47. The summed E-state index contributed by atoms with van der Waals surface area (Å²) in [6.45, 7) is 4.02. The van der Waals surface area contributed by atoms with Crippen LogP contribution >= 0.6 is 0 Å². The molecule has 2 aromatic rings. The van der Waals surface area contributed by atoms with Crippen LogP contribution in [-0.4, -0.2) is 40.5 Å². The van der Waals surface area contributed by atoms with Crippen LogP contribution in [0.3, 0.4) is 0 Å². The van der Waals surface area contributed by atoms with Crippen molar-refractivity contribution in [3.05, 3.63) is 65.1 Å². The minimum absolute atomic E-state index is 0.147. The van der Waals surface area contributed by atoms with E-state index in [0.29, 0.717) is 28.9 Å². The Morgan fingerprint density at radius 1 is 1.27 bits per heavy atom. The predicted molar refractivity (Wildman–Crippen MR) is 113 cm³/mol. The van der Waals surface area contributed by atoms with E-state index in [1.54, 1.807) is 12.2 Å². The van der Waals surface area contributed by atoms with Crippen molar-refractivity contribution in [1.82, 2.24) is 0 Å². The monoisotopic (exact) mass is 410 g/mol. The van der Waals surface area contributed by atoms with Crippen LogP contribution in [-0.2, 0) is 4.79 Å². The number of hydroxylamine groups is 3. The summed E-state index contributed by atoms with van der Waals surface area (Å²) >= 11 is 0. The van der Waals surface area contributed by atoms with Gasteiger partial charge in [0.25, 0.3) is 5.91 Å². The Labute approximate surface area is 174 Å². The van der Waals surface area contributed by atoms with E-state index in [1.807, 2.05) is 31.2 Å². The lowest BCUT2D eigenvalue weighted by Gasteiger charge is -2.38. The van der Waals surface area contributed by atoms with E-state index in [-0.39, 0.29) is 17.0 Å². The molecule has 2 aliphatic heterocycles. The van der Waals surface area contributed by atoms with Crippen LogP contribution in [0.15, 0.2) is 42.6 Å². The third-order valence-corrected chi connectivity index (χ3v) is 6.04. The molecular formula is C23H25FN3O3+. The molecule has 3 atom stereocenters. The number of anilines is 1. The molecule has 0 saturated heterocycles. The molecule has 0 radical (unpaired) electrons. The number of rotatable bonds is 3. The summed E-state index contributed by atoms with van der Waals surface area (Å²) < 4.78 is 14.3. The second-order valence-corrected chi connectivity index (χ2v) is 8.12. The molecule has 0 fully saturated rings. The SMILES string of the molecule is Cc1c(F)c(O)c(-c2ccc(C(C)CN)cc2)c2c1NC(=O)C1C2=CC=C[N@+]1(C)O. The number of nitrogens with one attached hydrogen (secondary N) is 1. The summed E-state index contributed by atoms with van der Waals surface area (Å²) in [7, 11) is 1.50. The largest absolute Gasteiger partial charge is 0.504 e. The standard InChI is InChI=1S/C23H24FN3O3/c1-12(11-25)14-6-8-15(9-7-14)17-18-16-5-4-10-27(3,30)21(16)23(29)26-20(18)13(2)19(24)22(17)28/h4-10,12,21,30H,11,25H2,1-3H3,(H-,26,28,29)/p+1/t12?,21?,27-/m0/s1. The quantitative estimate of drug-likeness (QED) is 0.459. The molecule has 2 aromatic carbocycles. The Balaban J connectivity index is 1.99. The average Bonchev–Trinajstić information content (AvgIpc) is 2.72. The highest BCUT2D eigenvalue weighted by atomic mass is 19.1. The molecule has 0 aliphatic carbocycles. The van der Waals surface area contributed by atoms with Crippen molar-refractivity contribution >= 4 is 17.2 Å². The number of amides is 1. The van der Waals surface area contributed by atoms with Gasteiger partial charge in [0.05, 0.1) is 5.69 Å². The molecule has 0 bridgehead atoms. The molecule has 1 amide bonds. The summed E-state index contributed by atoms with van der Waals surface area (Å²) in [4.78, 5) is 12.8. The molecule has 2 unspecified atom stereocenters. The second kappa shape index (κ2) is 7.05. The zero-order valence-electron chi connectivity index (χ0n) is 17.1. The molecule has 2 aliphatic rings. The third-order valence-electron chi connectivity index (χ3n) is 6.04. The van der Waals surface area contributed by atoms with Crippen LogP contribution in [0, 0.1) is 12.7 Å². The molecule has 0 spiro atoms. The first kappa shape index (κ1) is 20.3. The Kier molecular flexibility index (Phi) is 4.77. The lowest BCUT2D eigenvalue weighted by molar-refractivity contribution is -1.05. The molecule has 2 heterocycles. The van der Waals surface area contributed by atoms with Gasteiger partial charge >= 0.3 is 0 Å². The molecule has 156 valence electrons. The van der Waals surface area contributed by atoms with E-state index in [1.165, 1.54) is 20.2 Å². The Hall–Kier alpha value is -3.00. The van der Waals surface area contributed by atoms with Gasteiger partial charge in [0, 0.05) is 22.3 Å². The summed E-state index contributed by atoms with van der Waals surface area (Å²) in [6.07, 6.45) is 4.88. The van der Waals surface area contributed by atoms with Crippen LogP contribution in [0.2, 0.25) is 0 Å². The first-order valence-electron chi connectivity index (χ1n) is 9.82. The van der Waals surface area contributed by atoms with Gasteiger partial charge in [0.2, 0.25) is 6.04 Å². The number of quaternary nitrogens is 1. The minimum atomic E-state index is -0.929. The Bertz CT molecular complexity index is 1100. The second-order valence-electron chi connectivity index (χ2n) is 8.12. The number of aromatic hydroxyl groups is 1. The van der Waals surface area contributed by atoms with E-state index in [9.17, 15) is 19.5 Å². The number of phenolic OH excluding ortho intramolecular Hbond substituents is 1. The van der Waals surface area contributed by atoms with Crippen LogP contribution in [0.25, 0.3) is 16.7 Å². The fraction of sp³-hybridized carbons (Fsp3) is 0.261. The maximum atomic E-state index is 14.9. The Morgan fingerprint density at radius 2 is 1.93 bits per heavy atom. The zero-order valence-corrected chi connectivity index (χ0v) is 17.1. The Morgan fingerprint density at radius 3 is 2.57 bits per heavy atom. The number of nitrogens with zero attached hydrogens (tertiary/aromatic N) is 1. The normalized spacial score (nSPS) is 23.3. The van der Waals surface area contributed by atoms with Crippen molar-refractivity contribution < 1.29 is 24.1 Å². The smallest absolute Gasteiger partial charge is 0.291 e. The number of carbonyl (C=O) groups is 1. The van der Waals surface area contributed by atoms with Crippen LogP contribution in [0.4, 0.5) is 10.1 Å². The molecule has 4 rings (SSSR count). The van der Waals surface area contributed by atoms with Crippen LogP contribution < -0.4 is 11.1 Å². The van der Waals surface area contributed by atoms with Gasteiger partial charge in [-0.1, -0.05) is 31.2 Å². The first-order chi connectivity index (χ1) is 14.2. The molecule has 5 N–H and O–H groups in total. The number of hydrogen-bond acceptors (Lipinski definition) is 4. The number of likely N-dealkylation sites (N-methyl/N-ethyl adjacent to an activating group) is 1. The van der Waals surface area contributed by atoms with Crippen LogP contribution in [0.1, 0.15) is 29.5 Å². The van der Waals surface area contributed by atoms with E-state index in [2.05, 4.69) is 5.32 Å². The zero-order chi connectivity index (χ0) is 21.8. The van der Waals surface area contributed by atoms with E-state index < -0.39 is 28.2 Å². The molecule has 7 heteroatoms. The van der Waals surface area contributed by atoms with Crippen molar-refractivity contribution in [3.8, 4) is 16.9 Å². The number of hydrogen-bond donors (Lipinski definition) is 4. The topological polar surface area (TPSA) is 95.6 Å². The first-order valence-corrected chi connectivity index (χ1v) is 9.82. The number of carbonyl (C=O) groups excluding carboxylic acids is 1. The number of halogens is 1. The van der Waals surface area contributed by atoms with Gasteiger partial charge in [-0.2, -0.15) is 0 Å². The number of fused-ring (bicyclic) bond motifs is 3. The lowest BCUT2D eigenvalue weighted by atomic mass is 9.82. The van der Waals surface area contributed by atoms with Crippen molar-refractivity contribution in [2.75, 3.05) is 18.9 Å². The van der Waals surface area contributed by atoms with Gasteiger partial charge in [-0.25, -0.2) is 9.60 Å². The number of phenols is 1. The summed E-state index contributed by atoms with van der Waals surface area (Å²) in [5.41, 5.74) is 9.16. The van der Waals surface area contributed by atoms with Crippen LogP contribution in [0.5, 0.6) is 5.75 Å². The van der Waals surface area contributed by atoms with Gasteiger partial charge in [0.15, 0.2) is 11.6 Å². The van der Waals surface area contributed by atoms with Crippen molar-refractivity contribution in [2.24, 2.45) is 5.73 Å². The van der Waals surface area contributed by atoms with Gasteiger partial charge in [0.1, 0.15) is 13.2 Å². The minimum Gasteiger partial charge on any atom is -0.504 e. The summed E-state index contributed by atoms with van der Waals surface area (Å²) in [6, 6.07) is 6.49. The molecule has 30 heavy (non-hydrogen) atoms. The highest BCUT2D eigenvalue weighted by Crippen LogP contribution is 2.49. The third kappa shape index (κ3) is 2.94. The number of allylic oxidation sites excluding steroid dienone is 2.